The summed E-state index contributed by atoms with van der Waals surface area (Å²) in [6, 6.07) is 4.64. The van der Waals surface area contributed by atoms with Crippen molar-refractivity contribution in [2.45, 2.75) is 44.9 Å². The molecule has 2 heterocycles. The van der Waals surface area contributed by atoms with E-state index in [9.17, 15) is 0 Å². The Morgan fingerprint density at radius 2 is 2.29 bits per heavy atom. The van der Waals surface area contributed by atoms with Crippen molar-refractivity contribution in [3.8, 4) is 0 Å². The number of pyridine rings is 1. The topological polar surface area (TPSA) is 34.2 Å². The third kappa shape index (κ3) is 2.50. The molecule has 0 radical (unpaired) electrons. The Kier molecular flexibility index (Phi) is 3.12. The second-order valence-electron chi connectivity index (χ2n) is 5.22. The minimum atomic E-state index is 0.457. The summed E-state index contributed by atoms with van der Waals surface area (Å²) in [4.78, 5) is 4.42. The molecule has 3 heteroatoms. The molecule has 0 spiro atoms. The van der Waals surface area contributed by atoms with Gasteiger partial charge in [0.2, 0.25) is 0 Å². The molecule has 0 aromatic carbocycles. The highest BCUT2D eigenvalue weighted by atomic mass is 16.5. The summed E-state index contributed by atoms with van der Waals surface area (Å²) in [5.41, 5.74) is 2.43. The molecular formula is C14H20N2O. The van der Waals surface area contributed by atoms with Gasteiger partial charge in [0.05, 0.1) is 11.8 Å². The van der Waals surface area contributed by atoms with E-state index in [1.165, 1.54) is 18.4 Å². The summed E-state index contributed by atoms with van der Waals surface area (Å²) in [5, 5.41) is 3.62. The molecule has 2 aliphatic rings. The van der Waals surface area contributed by atoms with Crippen LogP contribution >= 0.6 is 0 Å². The highest BCUT2D eigenvalue weighted by Crippen LogP contribution is 2.38. The lowest BCUT2D eigenvalue weighted by Crippen LogP contribution is -2.37. The van der Waals surface area contributed by atoms with Crippen LogP contribution in [0.15, 0.2) is 18.3 Å². The Bertz CT molecular complexity index is 390. The molecule has 1 saturated heterocycles. The number of hydrogen-bond donors (Lipinski definition) is 1. The molecule has 2 unspecified atom stereocenters. The van der Waals surface area contributed by atoms with Crippen molar-refractivity contribution < 1.29 is 4.74 Å². The second-order valence-corrected chi connectivity index (χ2v) is 5.22. The summed E-state index contributed by atoms with van der Waals surface area (Å²) in [6.45, 7) is 3.90. The van der Waals surface area contributed by atoms with Crippen LogP contribution in [-0.4, -0.2) is 23.7 Å². The zero-order chi connectivity index (χ0) is 11.7. The van der Waals surface area contributed by atoms with Gasteiger partial charge in [-0.1, -0.05) is 6.07 Å². The van der Waals surface area contributed by atoms with Crippen LogP contribution in [0.1, 0.15) is 30.5 Å². The molecule has 17 heavy (non-hydrogen) atoms. The standard InChI is InChI=1S/C14H20N2O/c1-10-3-2-7-15-13(10)9-16-12-6-8-17-14(12)11-4-5-11/h2-3,7,11-12,14,16H,4-6,8-9H2,1H3. The average molecular weight is 232 g/mol. The molecule has 3 rings (SSSR count). The molecule has 0 bridgehead atoms. The number of rotatable bonds is 4. The molecule has 1 aromatic heterocycles. The predicted molar refractivity (Wildman–Crippen MR) is 66.7 cm³/mol. The first-order valence-corrected chi connectivity index (χ1v) is 6.60. The molecule has 2 fully saturated rings. The quantitative estimate of drug-likeness (QED) is 0.862. The fourth-order valence-corrected chi connectivity index (χ4v) is 2.65. The number of nitrogens with zero attached hydrogens (tertiary/aromatic N) is 1. The van der Waals surface area contributed by atoms with Crippen LogP contribution in [0, 0.1) is 12.8 Å². The molecule has 2 atom stereocenters. The minimum Gasteiger partial charge on any atom is -0.376 e. The number of aryl methyl sites for hydroxylation is 1. The van der Waals surface area contributed by atoms with Gasteiger partial charge in [0.1, 0.15) is 0 Å². The van der Waals surface area contributed by atoms with E-state index in [1.54, 1.807) is 0 Å². The largest absolute Gasteiger partial charge is 0.376 e. The lowest BCUT2D eigenvalue weighted by Gasteiger charge is -2.19. The van der Waals surface area contributed by atoms with E-state index in [4.69, 9.17) is 4.74 Å². The van der Waals surface area contributed by atoms with Crippen LogP contribution in [-0.2, 0) is 11.3 Å². The van der Waals surface area contributed by atoms with Crippen molar-refractivity contribution in [1.29, 1.82) is 0 Å². The Balaban J connectivity index is 1.58. The number of ether oxygens (including phenoxy) is 1. The Hall–Kier alpha value is -0.930. The first kappa shape index (κ1) is 11.2. The van der Waals surface area contributed by atoms with Crippen LogP contribution in [0.3, 0.4) is 0 Å². The van der Waals surface area contributed by atoms with E-state index in [0.29, 0.717) is 12.1 Å². The highest BCUT2D eigenvalue weighted by Gasteiger charge is 2.40. The molecule has 1 aromatic rings. The molecule has 3 nitrogen and oxygen atoms in total. The van der Waals surface area contributed by atoms with Crippen molar-refractivity contribution in [1.82, 2.24) is 10.3 Å². The number of hydrogen-bond acceptors (Lipinski definition) is 3. The molecule has 1 aliphatic heterocycles. The van der Waals surface area contributed by atoms with Crippen LogP contribution in [0.25, 0.3) is 0 Å². The summed E-state index contributed by atoms with van der Waals surface area (Å²) in [6.07, 6.45) is 6.18. The predicted octanol–water partition coefficient (Wildman–Crippen LogP) is 2.05. The first-order valence-electron chi connectivity index (χ1n) is 6.60. The molecule has 1 saturated carbocycles. The smallest absolute Gasteiger partial charge is 0.0757 e. The van der Waals surface area contributed by atoms with E-state index in [1.807, 2.05) is 12.3 Å². The van der Waals surface area contributed by atoms with E-state index < -0.39 is 0 Å². The van der Waals surface area contributed by atoms with Gasteiger partial charge >= 0.3 is 0 Å². The van der Waals surface area contributed by atoms with Crippen molar-refractivity contribution >= 4 is 0 Å². The molecule has 92 valence electrons. The van der Waals surface area contributed by atoms with Crippen molar-refractivity contribution in [2.24, 2.45) is 5.92 Å². The third-order valence-corrected chi connectivity index (χ3v) is 3.87. The van der Waals surface area contributed by atoms with Crippen molar-refractivity contribution in [2.75, 3.05) is 6.61 Å². The average Bonchev–Trinajstić information content (AvgIpc) is 3.08. The van der Waals surface area contributed by atoms with Gasteiger partial charge in [-0.15, -0.1) is 0 Å². The van der Waals surface area contributed by atoms with Gasteiger partial charge in [0.25, 0.3) is 0 Å². The van der Waals surface area contributed by atoms with E-state index in [0.717, 1.165) is 31.2 Å². The van der Waals surface area contributed by atoms with Gasteiger partial charge < -0.3 is 10.1 Å². The van der Waals surface area contributed by atoms with Gasteiger partial charge in [-0.2, -0.15) is 0 Å². The SMILES string of the molecule is Cc1cccnc1CNC1CCOC1C1CC1. The van der Waals surface area contributed by atoms with E-state index >= 15 is 0 Å². The van der Waals surface area contributed by atoms with Crippen LogP contribution in [0.2, 0.25) is 0 Å². The molecular weight excluding hydrogens is 212 g/mol. The van der Waals surface area contributed by atoms with Crippen LogP contribution in [0.5, 0.6) is 0 Å². The number of aromatic nitrogens is 1. The highest BCUT2D eigenvalue weighted by molar-refractivity contribution is 5.17. The lowest BCUT2D eigenvalue weighted by atomic mass is 10.1. The molecule has 0 amide bonds. The van der Waals surface area contributed by atoms with Gasteiger partial charge in [0, 0.05) is 25.4 Å². The lowest BCUT2D eigenvalue weighted by molar-refractivity contribution is 0.0808. The monoisotopic (exact) mass is 232 g/mol. The fraction of sp³-hybridized carbons (Fsp3) is 0.643. The summed E-state index contributed by atoms with van der Waals surface area (Å²) >= 11 is 0. The third-order valence-electron chi connectivity index (χ3n) is 3.87. The van der Waals surface area contributed by atoms with E-state index in [-0.39, 0.29) is 0 Å². The Labute approximate surface area is 103 Å². The maximum Gasteiger partial charge on any atom is 0.0757 e. The minimum absolute atomic E-state index is 0.457. The maximum absolute atomic E-state index is 5.83. The van der Waals surface area contributed by atoms with Crippen LogP contribution in [0.4, 0.5) is 0 Å². The number of nitrogens with one attached hydrogen (secondary N) is 1. The van der Waals surface area contributed by atoms with Gasteiger partial charge in [-0.3, -0.25) is 4.98 Å². The molecule has 1 aliphatic carbocycles. The van der Waals surface area contributed by atoms with Crippen molar-refractivity contribution in [3.05, 3.63) is 29.6 Å². The second kappa shape index (κ2) is 4.75. The van der Waals surface area contributed by atoms with E-state index in [2.05, 4.69) is 23.3 Å². The summed E-state index contributed by atoms with van der Waals surface area (Å²) in [7, 11) is 0. The zero-order valence-electron chi connectivity index (χ0n) is 10.4. The van der Waals surface area contributed by atoms with Crippen LogP contribution < -0.4 is 5.32 Å². The Morgan fingerprint density at radius 3 is 3.06 bits per heavy atom. The van der Waals surface area contributed by atoms with Gasteiger partial charge in [0.15, 0.2) is 0 Å². The summed E-state index contributed by atoms with van der Waals surface area (Å²) < 4.78 is 5.83. The molecule has 1 N–H and O–H groups in total. The van der Waals surface area contributed by atoms with Gasteiger partial charge in [-0.05, 0) is 43.7 Å². The summed E-state index contributed by atoms with van der Waals surface area (Å²) in [5.74, 6) is 0.819. The van der Waals surface area contributed by atoms with Crippen molar-refractivity contribution in [3.63, 3.8) is 0 Å². The normalized spacial score (nSPS) is 28.5. The zero-order valence-corrected chi connectivity index (χ0v) is 10.4. The first-order chi connectivity index (χ1) is 8.34. The fourth-order valence-electron chi connectivity index (χ4n) is 2.65. The van der Waals surface area contributed by atoms with Gasteiger partial charge in [-0.25, -0.2) is 0 Å². The Morgan fingerprint density at radius 1 is 1.41 bits per heavy atom. The maximum atomic E-state index is 5.83.